The first-order valence-corrected chi connectivity index (χ1v) is 11.1. The minimum Gasteiger partial charge on any atom is -0.438 e. The summed E-state index contributed by atoms with van der Waals surface area (Å²) in [6.45, 7) is 8.56. The minimum atomic E-state index is -0.581. The molecule has 1 amide bonds. The number of rotatable bonds is 9. The van der Waals surface area contributed by atoms with Crippen molar-refractivity contribution in [2.45, 2.75) is 40.2 Å². The van der Waals surface area contributed by atoms with Crippen molar-refractivity contribution in [1.29, 1.82) is 5.26 Å². The Morgan fingerprint density at radius 2 is 2.03 bits per heavy atom. The molecule has 0 saturated carbocycles. The number of hydrogen-bond acceptors (Lipinski definition) is 6. The van der Waals surface area contributed by atoms with E-state index in [0.717, 1.165) is 11.1 Å². The second-order valence-electron chi connectivity index (χ2n) is 8.06. The van der Waals surface area contributed by atoms with E-state index >= 15 is 0 Å². The fourth-order valence-electron chi connectivity index (χ4n) is 3.20. The molecule has 2 heterocycles. The molecule has 0 radical (unpaired) electrons. The van der Waals surface area contributed by atoms with Crippen molar-refractivity contribution in [2.75, 3.05) is 13.2 Å². The van der Waals surface area contributed by atoms with Crippen LogP contribution in [0.1, 0.15) is 37.0 Å². The number of nitrogens with zero attached hydrogens (tertiary/aromatic N) is 3. The first-order valence-electron chi connectivity index (χ1n) is 11.1. The van der Waals surface area contributed by atoms with Gasteiger partial charge in [0.25, 0.3) is 11.5 Å². The van der Waals surface area contributed by atoms with E-state index in [0.29, 0.717) is 31.0 Å². The largest absolute Gasteiger partial charge is 0.438 e. The maximum absolute atomic E-state index is 13.3. The second-order valence-corrected chi connectivity index (χ2v) is 8.06. The highest BCUT2D eigenvalue weighted by molar-refractivity contribution is 6.01. The second kappa shape index (κ2) is 11.3. The molecule has 176 valence electrons. The molecular weight excluding hydrogens is 432 g/mol. The van der Waals surface area contributed by atoms with Crippen molar-refractivity contribution in [2.24, 2.45) is 0 Å². The Hall–Kier alpha value is -3.96. The lowest BCUT2D eigenvalue weighted by Crippen LogP contribution is -2.27. The Bertz CT molecular complexity index is 1320. The Labute approximate surface area is 198 Å². The van der Waals surface area contributed by atoms with E-state index in [2.05, 4.69) is 10.3 Å². The van der Waals surface area contributed by atoms with Gasteiger partial charge in [0.1, 0.15) is 28.6 Å². The molecule has 0 unspecified atom stereocenters. The van der Waals surface area contributed by atoms with Crippen LogP contribution in [0.5, 0.6) is 11.6 Å². The third-order valence-electron chi connectivity index (χ3n) is 5.21. The summed E-state index contributed by atoms with van der Waals surface area (Å²) in [6.07, 6.45) is 3.51. The van der Waals surface area contributed by atoms with Gasteiger partial charge in [0.15, 0.2) is 0 Å². The number of aryl methyl sites for hydroxylation is 1. The number of pyridine rings is 1. The van der Waals surface area contributed by atoms with E-state index in [4.69, 9.17) is 9.47 Å². The molecule has 0 saturated heterocycles. The van der Waals surface area contributed by atoms with Gasteiger partial charge in [0.05, 0.1) is 6.10 Å². The maximum atomic E-state index is 13.3. The first kappa shape index (κ1) is 24.7. The van der Waals surface area contributed by atoms with E-state index in [1.54, 1.807) is 30.5 Å². The van der Waals surface area contributed by atoms with Crippen LogP contribution in [0.2, 0.25) is 0 Å². The molecule has 0 aliphatic heterocycles. The minimum absolute atomic E-state index is 0.0134. The van der Waals surface area contributed by atoms with Crippen molar-refractivity contribution < 1.29 is 14.3 Å². The summed E-state index contributed by atoms with van der Waals surface area (Å²) in [7, 11) is 0. The zero-order valence-electron chi connectivity index (χ0n) is 19.8. The van der Waals surface area contributed by atoms with Crippen LogP contribution in [0, 0.1) is 25.2 Å². The molecule has 8 heteroatoms. The molecule has 1 aromatic carbocycles. The predicted octanol–water partition coefficient (Wildman–Crippen LogP) is 3.94. The molecule has 3 aromatic rings. The smallest absolute Gasteiger partial charge is 0.269 e. The van der Waals surface area contributed by atoms with Crippen molar-refractivity contribution in [3.05, 3.63) is 75.2 Å². The molecule has 8 nitrogen and oxygen atoms in total. The van der Waals surface area contributed by atoms with Gasteiger partial charge in [-0.2, -0.15) is 10.2 Å². The fourth-order valence-corrected chi connectivity index (χ4v) is 3.20. The van der Waals surface area contributed by atoms with Crippen LogP contribution < -0.4 is 15.6 Å². The number of benzene rings is 1. The van der Waals surface area contributed by atoms with Gasteiger partial charge >= 0.3 is 0 Å². The summed E-state index contributed by atoms with van der Waals surface area (Å²) in [5, 5.41) is 12.3. The summed E-state index contributed by atoms with van der Waals surface area (Å²) >= 11 is 0. The number of nitriles is 1. The van der Waals surface area contributed by atoms with Gasteiger partial charge in [0.2, 0.25) is 5.88 Å². The number of carbonyl (C=O) groups excluding carboxylic acids is 1. The lowest BCUT2D eigenvalue weighted by Gasteiger charge is -2.13. The quantitative estimate of drug-likeness (QED) is 0.295. The number of carbonyl (C=O) groups is 1. The first-order chi connectivity index (χ1) is 16.3. The van der Waals surface area contributed by atoms with Crippen LogP contribution >= 0.6 is 0 Å². The van der Waals surface area contributed by atoms with E-state index < -0.39 is 11.5 Å². The number of fused-ring (bicyclic) bond motifs is 1. The molecule has 0 bridgehead atoms. The summed E-state index contributed by atoms with van der Waals surface area (Å²) in [5.41, 5.74) is 1.65. The molecule has 2 aromatic heterocycles. The average molecular weight is 461 g/mol. The monoisotopic (exact) mass is 460 g/mol. The Balaban J connectivity index is 1.98. The molecule has 0 aliphatic rings. The Morgan fingerprint density at radius 1 is 1.24 bits per heavy atom. The Morgan fingerprint density at radius 3 is 2.76 bits per heavy atom. The van der Waals surface area contributed by atoms with E-state index in [-0.39, 0.29) is 23.1 Å². The van der Waals surface area contributed by atoms with Crippen LogP contribution in [0.15, 0.2) is 53.0 Å². The maximum Gasteiger partial charge on any atom is 0.269 e. The molecular formula is C26H28N4O4. The van der Waals surface area contributed by atoms with E-state index in [9.17, 15) is 14.9 Å². The fraction of sp³-hybridized carbons (Fsp3) is 0.308. The molecule has 34 heavy (non-hydrogen) atoms. The number of aromatic nitrogens is 2. The third kappa shape index (κ3) is 5.88. The SMILES string of the molecule is Cc1cccc(Oc2nc3ccccn3c(=O)c2C=C(C#N)C(=O)NCCCOC(C)C)c1C. The molecule has 0 atom stereocenters. The van der Waals surface area contributed by atoms with Gasteiger partial charge in [0, 0.05) is 19.3 Å². The lowest BCUT2D eigenvalue weighted by molar-refractivity contribution is -0.117. The van der Waals surface area contributed by atoms with Gasteiger partial charge in [-0.15, -0.1) is 0 Å². The van der Waals surface area contributed by atoms with Crippen LogP contribution in [0.4, 0.5) is 0 Å². The van der Waals surface area contributed by atoms with Gasteiger partial charge in [-0.3, -0.25) is 14.0 Å². The predicted molar refractivity (Wildman–Crippen MR) is 130 cm³/mol. The van der Waals surface area contributed by atoms with Crippen LogP contribution in [0.3, 0.4) is 0 Å². The van der Waals surface area contributed by atoms with Crippen molar-refractivity contribution in [1.82, 2.24) is 14.7 Å². The van der Waals surface area contributed by atoms with Crippen molar-refractivity contribution in [3.63, 3.8) is 0 Å². The van der Waals surface area contributed by atoms with Crippen molar-refractivity contribution in [3.8, 4) is 17.7 Å². The molecule has 0 fully saturated rings. The van der Waals surface area contributed by atoms with Gasteiger partial charge in [-0.1, -0.05) is 18.2 Å². The third-order valence-corrected chi connectivity index (χ3v) is 5.21. The molecule has 0 spiro atoms. The Kier molecular flexibility index (Phi) is 8.17. The van der Waals surface area contributed by atoms with E-state index in [1.165, 1.54) is 10.5 Å². The van der Waals surface area contributed by atoms with Gasteiger partial charge < -0.3 is 14.8 Å². The average Bonchev–Trinajstić information content (AvgIpc) is 2.81. The van der Waals surface area contributed by atoms with Crippen LogP contribution in [-0.2, 0) is 9.53 Å². The van der Waals surface area contributed by atoms with Gasteiger partial charge in [-0.25, -0.2) is 0 Å². The molecule has 3 rings (SSSR count). The molecule has 0 aliphatic carbocycles. The topological polar surface area (TPSA) is 106 Å². The van der Waals surface area contributed by atoms with E-state index in [1.807, 2.05) is 45.9 Å². The normalized spacial score (nSPS) is 11.5. The van der Waals surface area contributed by atoms with Gasteiger partial charge in [-0.05, 0) is 69.5 Å². The highest BCUT2D eigenvalue weighted by Crippen LogP contribution is 2.28. The highest BCUT2D eigenvalue weighted by atomic mass is 16.5. The molecule has 1 N–H and O–H groups in total. The zero-order chi connectivity index (χ0) is 24.7. The van der Waals surface area contributed by atoms with Crippen molar-refractivity contribution >= 4 is 17.6 Å². The summed E-state index contributed by atoms with van der Waals surface area (Å²) in [6, 6.07) is 12.6. The summed E-state index contributed by atoms with van der Waals surface area (Å²) < 4.78 is 12.8. The highest BCUT2D eigenvalue weighted by Gasteiger charge is 2.18. The standard InChI is InChI=1S/C26H28N4O4/c1-17(2)33-14-8-12-28-24(31)20(16-27)15-21-25(34-22-10-7-9-18(3)19(22)4)29-23-11-5-6-13-30(23)26(21)32/h5-7,9-11,13,15,17H,8,12,14H2,1-4H3,(H,28,31). The number of hydrogen-bond donors (Lipinski definition) is 1. The van der Waals surface area contributed by atoms with Crippen LogP contribution in [-0.4, -0.2) is 34.5 Å². The zero-order valence-corrected chi connectivity index (χ0v) is 19.8. The summed E-state index contributed by atoms with van der Waals surface area (Å²) in [4.78, 5) is 30.4. The number of ether oxygens (including phenoxy) is 2. The lowest BCUT2D eigenvalue weighted by atomic mass is 10.1. The number of nitrogens with one attached hydrogen (secondary N) is 1. The summed E-state index contributed by atoms with van der Waals surface area (Å²) in [5.74, 6) is -0.0204. The van der Waals surface area contributed by atoms with Crippen LogP contribution in [0.25, 0.3) is 11.7 Å². The number of amides is 1.